The first-order valence-corrected chi connectivity index (χ1v) is 13.7. The zero-order valence-electron chi connectivity index (χ0n) is 21.6. The number of benzene rings is 2. The van der Waals surface area contributed by atoms with Gasteiger partial charge in [0.05, 0.1) is 22.7 Å². The summed E-state index contributed by atoms with van der Waals surface area (Å²) in [5.41, 5.74) is 2.12. The van der Waals surface area contributed by atoms with Crippen molar-refractivity contribution in [2.45, 2.75) is 57.9 Å². The Bertz CT molecular complexity index is 1380. The highest BCUT2D eigenvalue weighted by Gasteiger charge is 2.44. The number of carbonyl (C=O) groups is 1. The number of carbonyl (C=O) groups excluding carboxylic acids is 1. The first-order valence-electron chi connectivity index (χ1n) is 12.8. The Kier molecular flexibility index (Phi) is 8.37. The maximum absolute atomic E-state index is 15.4. The third-order valence-corrected chi connectivity index (χ3v) is 7.48. The number of fused-ring (bicyclic) bond motifs is 1. The summed E-state index contributed by atoms with van der Waals surface area (Å²) in [5.74, 6) is -1.49. The molecule has 0 atom stereocenters. The number of rotatable bonds is 7. The van der Waals surface area contributed by atoms with E-state index in [9.17, 15) is 4.79 Å². The molecular formula is C28H31FN6O2S. The molecule has 2 aliphatic rings. The minimum Gasteiger partial charge on any atom is -0.429 e. The van der Waals surface area contributed by atoms with Gasteiger partial charge in [0.2, 0.25) is 5.91 Å². The molecule has 3 N–H and O–H groups in total. The van der Waals surface area contributed by atoms with E-state index in [4.69, 9.17) is 20.8 Å². The van der Waals surface area contributed by atoms with Crippen LogP contribution in [0.25, 0.3) is 21.3 Å². The number of nitriles is 1. The van der Waals surface area contributed by atoms with Crippen molar-refractivity contribution in [3.8, 4) is 17.2 Å². The van der Waals surface area contributed by atoms with Gasteiger partial charge in [0.1, 0.15) is 22.8 Å². The summed E-state index contributed by atoms with van der Waals surface area (Å²) in [7, 11) is 0. The minimum atomic E-state index is -0.815. The summed E-state index contributed by atoms with van der Waals surface area (Å²) in [6, 6.07) is 13.5. The Hall–Kier alpha value is -3.84. The fourth-order valence-corrected chi connectivity index (χ4v) is 5.34. The maximum atomic E-state index is 15.4. The SMILES string of the molecule is CC.N#CC1(NC(=O)CC(=N)OC(=N)Cc2nc3ccc(-c4ccc(N5CCCC5)cc4)c(F)c3s2)CC1. The highest BCUT2D eigenvalue weighted by Crippen LogP contribution is 2.35. The number of hydrogen-bond acceptors (Lipinski definition) is 8. The van der Waals surface area contributed by atoms with Gasteiger partial charge in [-0.1, -0.05) is 26.0 Å². The van der Waals surface area contributed by atoms with E-state index >= 15 is 4.39 Å². The van der Waals surface area contributed by atoms with Gasteiger partial charge in [-0.25, -0.2) is 9.37 Å². The Labute approximate surface area is 225 Å². The van der Waals surface area contributed by atoms with Gasteiger partial charge in [-0.3, -0.25) is 15.6 Å². The number of anilines is 1. The van der Waals surface area contributed by atoms with Crippen molar-refractivity contribution in [2.75, 3.05) is 18.0 Å². The molecule has 8 nitrogen and oxygen atoms in total. The molecule has 1 amide bonds. The average molecular weight is 535 g/mol. The monoisotopic (exact) mass is 534 g/mol. The highest BCUT2D eigenvalue weighted by atomic mass is 32.1. The van der Waals surface area contributed by atoms with Gasteiger partial charge in [-0.05, 0) is 55.5 Å². The summed E-state index contributed by atoms with van der Waals surface area (Å²) in [5, 5.41) is 28.0. The zero-order valence-corrected chi connectivity index (χ0v) is 22.4. The molecule has 10 heteroatoms. The number of nitrogens with one attached hydrogen (secondary N) is 3. The summed E-state index contributed by atoms with van der Waals surface area (Å²) < 4.78 is 21.0. The predicted octanol–water partition coefficient (Wildman–Crippen LogP) is 5.80. The lowest BCUT2D eigenvalue weighted by Crippen LogP contribution is -2.37. The largest absolute Gasteiger partial charge is 0.429 e. The molecule has 1 aliphatic heterocycles. The molecule has 3 aromatic rings. The van der Waals surface area contributed by atoms with Crippen LogP contribution in [0, 0.1) is 28.0 Å². The molecular weight excluding hydrogens is 503 g/mol. The topological polar surface area (TPSA) is 126 Å². The summed E-state index contributed by atoms with van der Waals surface area (Å²) in [4.78, 5) is 18.7. The lowest BCUT2D eigenvalue weighted by molar-refractivity contribution is -0.120. The Morgan fingerprint density at radius 2 is 1.84 bits per heavy atom. The summed E-state index contributed by atoms with van der Waals surface area (Å²) in [6.45, 7) is 6.10. The molecule has 5 rings (SSSR count). The normalized spacial score (nSPS) is 15.3. The third kappa shape index (κ3) is 6.17. The standard InChI is InChI=1S/C26H25FN6O2S.C2H6/c27-24-18(16-3-5-17(6-4-16)33-11-1-2-12-33)7-8-19-25(24)36-23(31-19)14-21(30)35-20(29)13-22(34)32-26(15-28)9-10-26;1-2/h3-8,29-30H,1-2,9-14H2,(H,32,34);1-2H3. The van der Waals surface area contributed by atoms with E-state index in [0.29, 0.717) is 33.6 Å². The van der Waals surface area contributed by atoms with Crippen molar-refractivity contribution in [3.05, 3.63) is 47.2 Å². The van der Waals surface area contributed by atoms with Crippen LogP contribution in [0.1, 0.15) is 51.0 Å². The second-order valence-electron chi connectivity index (χ2n) is 9.17. The first kappa shape index (κ1) is 27.2. The Balaban J connectivity index is 0.00000164. The van der Waals surface area contributed by atoms with Crippen LogP contribution in [0.4, 0.5) is 10.1 Å². The molecule has 2 aromatic carbocycles. The molecule has 1 aliphatic carbocycles. The van der Waals surface area contributed by atoms with Crippen molar-refractivity contribution in [2.24, 2.45) is 0 Å². The molecule has 1 saturated carbocycles. The van der Waals surface area contributed by atoms with Crippen LogP contribution in [0.2, 0.25) is 0 Å². The minimum absolute atomic E-state index is 0.0230. The van der Waals surface area contributed by atoms with Gasteiger partial charge in [-0.15, -0.1) is 11.3 Å². The molecule has 2 heterocycles. The van der Waals surface area contributed by atoms with E-state index in [1.807, 2.05) is 38.1 Å². The van der Waals surface area contributed by atoms with Crippen LogP contribution in [-0.4, -0.2) is 41.3 Å². The molecule has 1 saturated heterocycles. The molecule has 38 heavy (non-hydrogen) atoms. The second-order valence-corrected chi connectivity index (χ2v) is 10.3. The predicted molar refractivity (Wildman–Crippen MR) is 148 cm³/mol. The van der Waals surface area contributed by atoms with Crippen molar-refractivity contribution in [3.63, 3.8) is 0 Å². The fraction of sp³-hybridized carbons (Fsp3) is 0.393. The van der Waals surface area contributed by atoms with E-state index < -0.39 is 17.3 Å². The molecule has 2 fully saturated rings. The number of hydrogen-bond donors (Lipinski definition) is 3. The number of aromatic nitrogens is 1. The number of ether oxygens (including phenoxy) is 1. The third-order valence-electron chi connectivity index (χ3n) is 6.41. The van der Waals surface area contributed by atoms with Crippen molar-refractivity contribution < 1.29 is 13.9 Å². The van der Waals surface area contributed by atoms with E-state index in [0.717, 1.165) is 35.7 Å². The van der Waals surface area contributed by atoms with Crippen molar-refractivity contribution >= 4 is 44.9 Å². The van der Waals surface area contributed by atoms with E-state index in [1.165, 1.54) is 12.8 Å². The summed E-state index contributed by atoms with van der Waals surface area (Å²) >= 11 is 1.14. The average Bonchev–Trinajstić information content (AvgIpc) is 3.28. The number of halogens is 1. The molecule has 198 valence electrons. The first-order chi connectivity index (χ1) is 18.4. The quantitative estimate of drug-likeness (QED) is 0.261. The van der Waals surface area contributed by atoms with E-state index in [-0.39, 0.29) is 24.6 Å². The van der Waals surface area contributed by atoms with E-state index in [1.54, 1.807) is 12.1 Å². The smallest absolute Gasteiger partial charge is 0.230 e. The van der Waals surface area contributed by atoms with Gasteiger partial charge >= 0.3 is 0 Å². The van der Waals surface area contributed by atoms with Crippen LogP contribution in [-0.2, 0) is 16.0 Å². The molecule has 0 radical (unpaired) electrons. The van der Waals surface area contributed by atoms with Crippen molar-refractivity contribution in [1.29, 1.82) is 16.1 Å². The van der Waals surface area contributed by atoms with Gasteiger partial charge in [0.15, 0.2) is 11.8 Å². The van der Waals surface area contributed by atoms with Crippen LogP contribution in [0.15, 0.2) is 36.4 Å². The molecule has 1 aromatic heterocycles. The lowest BCUT2D eigenvalue weighted by atomic mass is 10.0. The highest BCUT2D eigenvalue weighted by molar-refractivity contribution is 7.18. The van der Waals surface area contributed by atoms with Crippen molar-refractivity contribution in [1.82, 2.24) is 10.3 Å². The fourth-order valence-electron chi connectivity index (χ4n) is 4.34. The van der Waals surface area contributed by atoms with Gasteiger partial charge in [-0.2, -0.15) is 5.26 Å². The number of nitrogens with zero attached hydrogens (tertiary/aromatic N) is 3. The maximum Gasteiger partial charge on any atom is 0.230 e. The Morgan fingerprint density at radius 1 is 1.16 bits per heavy atom. The molecule has 0 unspecified atom stereocenters. The lowest BCUT2D eigenvalue weighted by Gasteiger charge is -2.17. The van der Waals surface area contributed by atoms with Gasteiger partial charge < -0.3 is 15.0 Å². The van der Waals surface area contributed by atoms with Crippen LogP contribution in [0.5, 0.6) is 0 Å². The van der Waals surface area contributed by atoms with Crippen LogP contribution >= 0.6 is 11.3 Å². The van der Waals surface area contributed by atoms with E-state index in [2.05, 4.69) is 21.3 Å². The second kappa shape index (κ2) is 11.7. The number of amides is 1. The van der Waals surface area contributed by atoms with Crippen LogP contribution < -0.4 is 10.2 Å². The number of thiazole rings is 1. The zero-order chi connectivity index (χ0) is 27.3. The summed E-state index contributed by atoms with van der Waals surface area (Å²) in [6.07, 6.45) is 3.20. The van der Waals surface area contributed by atoms with Gasteiger partial charge in [0.25, 0.3) is 0 Å². The van der Waals surface area contributed by atoms with Crippen LogP contribution in [0.3, 0.4) is 0 Å². The van der Waals surface area contributed by atoms with Gasteiger partial charge in [0, 0.05) is 24.3 Å². The molecule has 0 spiro atoms. The Morgan fingerprint density at radius 3 is 2.47 bits per heavy atom. The molecule has 0 bridgehead atoms.